The summed E-state index contributed by atoms with van der Waals surface area (Å²) >= 11 is 8.96. The molecule has 1 rings (SSSR count). The summed E-state index contributed by atoms with van der Waals surface area (Å²) in [5, 5.41) is 0. The van der Waals surface area contributed by atoms with Gasteiger partial charge in [-0.1, -0.05) is 43.7 Å². The average Bonchev–Trinajstić information content (AvgIpc) is 2.06. The minimum Gasteiger partial charge on any atom is -0.157 e. The summed E-state index contributed by atoms with van der Waals surface area (Å²) in [7, 11) is 0. The minimum absolute atomic E-state index is 0.330. The zero-order chi connectivity index (χ0) is 9.03. The third-order valence-electron chi connectivity index (χ3n) is 1.76. The first-order valence-electron chi connectivity index (χ1n) is 3.96. The topological polar surface area (TPSA) is 0 Å². The first-order chi connectivity index (χ1) is 5.67. The molecule has 0 aliphatic heterocycles. The third-order valence-corrected chi connectivity index (χ3v) is 2.73. The first-order valence-corrected chi connectivity index (χ1v) is 4.86. The Balaban J connectivity index is 2.82. The molecule has 0 atom stereocenters. The summed E-state index contributed by atoms with van der Waals surface area (Å²) in [5.41, 5.74) is 1.14. The summed E-state index contributed by atoms with van der Waals surface area (Å²) in [6, 6.07) is 10.1. The fourth-order valence-corrected chi connectivity index (χ4v) is 1.71. The predicted octanol–water partition coefficient (Wildman–Crippen LogP) is 3.31. The maximum atomic E-state index is 4.48. The van der Waals surface area contributed by atoms with Crippen LogP contribution in [0.2, 0.25) is 0 Å². The number of rotatable bonds is 3. The van der Waals surface area contributed by atoms with Gasteiger partial charge in [0.15, 0.2) is 0 Å². The Bertz CT molecular complexity index is 229. The maximum absolute atomic E-state index is 4.48. The molecule has 0 bridgehead atoms. The van der Waals surface area contributed by atoms with Crippen LogP contribution >= 0.6 is 25.3 Å². The lowest BCUT2D eigenvalue weighted by Crippen LogP contribution is -2.09. The number of thiol groups is 2. The van der Waals surface area contributed by atoms with Gasteiger partial charge in [0.1, 0.15) is 0 Å². The van der Waals surface area contributed by atoms with E-state index in [1.165, 1.54) is 0 Å². The zero-order valence-electron chi connectivity index (χ0n) is 6.90. The Kier molecular flexibility index (Phi) is 3.53. The molecule has 0 saturated heterocycles. The van der Waals surface area contributed by atoms with E-state index in [1.807, 2.05) is 30.3 Å². The van der Waals surface area contributed by atoms with Gasteiger partial charge in [-0.15, -0.1) is 0 Å². The lowest BCUT2D eigenvalue weighted by Gasteiger charge is -2.22. The standard InChI is InChI=1S/C10H13S2/c1-2-8-10(11,12)9-6-4-3-5-7-9/h3-7,11-12H,1-2,8H2. The van der Waals surface area contributed by atoms with Crippen LogP contribution in [-0.4, -0.2) is 0 Å². The summed E-state index contributed by atoms with van der Waals surface area (Å²) in [4.78, 5) is 0. The Hall–Kier alpha value is -0.0800. The van der Waals surface area contributed by atoms with Gasteiger partial charge in [0.05, 0.1) is 4.08 Å². The fraction of sp³-hybridized carbons (Fsp3) is 0.300. The summed E-state index contributed by atoms with van der Waals surface area (Å²) < 4.78 is -0.330. The minimum atomic E-state index is -0.330. The highest BCUT2D eigenvalue weighted by molar-refractivity contribution is 7.99. The molecule has 1 aromatic rings. The summed E-state index contributed by atoms with van der Waals surface area (Å²) in [6.45, 7) is 3.80. The van der Waals surface area contributed by atoms with Gasteiger partial charge < -0.3 is 0 Å². The maximum Gasteiger partial charge on any atom is 0.0802 e. The van der Waals surface area contributed by atoms with Crippen molar-refractivity contribution in [1.29, 1.82) is 0 Å². The SMILES string of the molecule is [CH2]CCC(S)(S)c1ccccc1. The van der Waals surface area contributed by atoms with Gasteiger partial charge in [0.25, 0.3) is 0 Å². The lowest BCUT2D eigenvalue weighted by atomic mass is 10.1. The van der Waals surface area contributed by atoms with Crippen LogP contribution in [0.3, 0.4) is 0 Å². The fourth-order valence-electron chi connectivity index (χ4n) is 1.10. The van der Waals surface area contributed by atoms with Crippen molar-refractivity contribution in [3.05, 3.63) is 42.8 Å². The van der Waals surface area contributed by atoms with Crippen LogP contribution in [-0.2, 0) is 4.08 Å². The van der Waals surface area contributed by atoms with E-state index in [2.05, 4.69) is 32.2 Å². The molecule has 0 saturated carbocycles. The predicted molar refractivity (Wildman–Crippen MR) is 60.7 cm³/mol. The lowest BCUT2D eigenvalue weighted by molar-refractivity contribution is 0.780. The van der Waals surface area contributed by atoms with Crippen molar-refractivity contribution in [3.8, 4) is 0 Å². The summed E-state index contributed by atoms with van der Waals surface area (Å²) in [5.74, 6) is 0. The Labute approximate surface area is 85.2 Å². The monoisotopic (exact) mass is 197 g/mol. The van der Waals surface area contributed by atoms with E-state index in [0.717, 1.165) is 18.4 Å². The van der Waals surface area contributed by atoms with Crippen LogP contribution in [0.1, 0.15) is 18.4 Å². The van der Waals surface area contributed by atoms with Gasteiger partial charge in [-0.2, -0.15) is 25.3 Å². The molecule has 1 aromatic carbocycles. The van der Waals surface area contributed by atoms with E-state index in [0.29, 0.717) is 0 Å². The van der Waals surface area contributed by atoms with Crippen LogP contribution < -0.4 is 0 Å². The second-order valence-electron chi connectivity index (χ2n) is 2.79. The molecule has 0 aliphatic carbocycles. The average molecular weight is 197 g/mol. The van der Waals surface area contributed by atoms with Gasteiger partial charge in [-0.25, -0.2) is 0 Å². The molecular weight excluding hydrogens is 184 g/mol. The van der Waals surface area contributed by atoms with Crippen molar-refractivity contribution in [2.45, 2.75) is 16.9 Å². The molecule has 65 valence electrons. The van der Waals surface area contributed by atoms with Crippen molar-refractivity contribution in [3.63, 3.8) is 0 Å². The Morgan fingerprint density at radius 2 is 1.75 bits per heavy atom. The third kappa shape index (κ3) is 2.46. The quantitative estimate of drug-likeness (QED) is 0.539. The molecule has 0 aliphatic rings. The molecule has 0 heterocycles. The normalized spacial score (nSPS) is 11.6. The molecule has 0 unspecified atom stereocenters. The Morgan fingerprint density at radius 3 is 2.25 bits per heavy atom. The van der Waals surface area contributed by atoms with E-state index in [-0.39, 0.29) is 4.08 Å². The molecule has 2 heteroatoms. The highest BCUT2D eigenvalue weighted by atomic mass is 32.2. The van der Waals surface area contributed by atoms with Gasteiger partial charge in [0.2, 0.25) is 0 Å². The second kappa shape index (κ2) is 4.24. The highest BCUT2D eigenvalue weighted by Gasteiger charge is 2.20. The molecule has 1 radical (unpaired) electrons. The summed E-state index contributed by atoms with van der Waals surface area (Å²) in [6.07, 6.45) is 1.73. The molecule has 0 nitrogen and oxygen atoms in total. The van der Waals surface area contributed by atoms with E-state index in [4.69, 9.17) is 0 Å². The molecule has 0 N–H and O–H groups in total. The van der Waals surface area contributed by atoms with Gasteiger partial charge in [0, 0.05) is 0 Å². The van der Waals surface area contributed by atoms with E-state index < -0.39 is 0 Å². The van der Waals surface area contributed by atoms with Crippen molar-refractivity contribution in [2.24, 2.45) is 0 Å². The number of hydrogen-bond donors (Lipinski definition) is 2. The largest absolute Gasteiger partial charge is 0.157 e. The molecule has 0 fully saturated rings. The molecule has 0 aromatic heterocycles. The molecular formula is C10H13S2. The van der Waals surface area contributed by atoms with Crippen LogP contribution in [0.25, 0.3) is 0 Å². The first kappa shape index (κ1) is 10.0. The van der Waals surface area contributed by atoms with Crippen LogP contribution in [0.4, 0.5) is 0 Å². The van der Waals surface area contributed by atoms with Gasteiger partial charge in [-0.05, 0) is 12.0 Å². The van der Waals surface area contributed by atoms with E-state index in [1.54, 1.807) is 0 Å². The van der Waals surface area contributed by atoms with Crippen molar-refractivity contribution in [1.82, 2.24) is 0 Å². The Morgan fingerprint density at radius 1 is 1.17 bits per heavy atom. The van der Waals surface area contributed by atoms with Crippen LogP contribution in [0.15, 0.2) is 30.3 Å². The van der Waals surface area contributed by atoms with Crippen molar-refractivity contribution in [2.75, 3.05) is 0 Å². The smallest absolute Gasteiger partial charge is 0.0802 e. The van der Waals surface area contributed by atoms with E-state index in [9.17, 15) is 0 Å². The van der Waals surface area contributed by atoms with Crippen molar-refractivity contribution >= 4 is 25.3 Å². The van der Waals surface area contributed by atoms with Gasteiger partial charge >= 0.3 is 0 Å². The van der Waals surface area contributed by atoms with Crippen molar-refractivity contribution < 1.29 is 0 Å². The van der Waals surface area contributed by atoms with Crippen LogP contribution in [0.5, 0.6) is 0 Å². The van der Waals surface area contributed by atoms with E-state index >= 15 is 0 Å². The number of hydrogen-bond acceptors (Lipinski definition) is 2. The molecule has 0 amide bonds. The van der Waals surface area contributed by atoms with Crippen LogP contribution in [0, 0.1) is 6.92 Å². The second-order valence-corrected chi connectivity index (χ2v) is 4.67. The zero-order valence-corrected chi connectivity index (χ0v) is 8.69. The molecule has 12 heavy (non-hydrogen) atoms. The number of benzene rings is 1. The molecule has 0 spiro atoms. The highest BCUT2D eigenvalue weighted by Crippen LogP contribution is 2.36. The van der Waals surface area contributed by atoms with Gasteiger partial charge in [-0.3, -0.25) is 0 Å².